The van der Waals surface area contributed by atoms with E-state index >= 15 is 0 Å². The quantitative estimate of drug-likeness (QED) is 0.624. The summed E-state index contributed by atoms with van der Waals surface area (Å²) in [6.45, 7) is 5.76. The van der Waals surface area contributed by atoms with Crippen molar-refractivity contribution in [3.05, 3.63) is 60.2 Å². The van der Waals surface area contributed by atoms with Crippen LogP contribution < -0.4 is 5.46 Å². The maximum atomic E-state index is 9.44. The molecule has 0 unspecified atom stereocenters. The molecule has 0 aliphatic carbocycles. The van der Waals surface area contributed by atoms with Crippen molar-refractivity contribution in [2.75, 3.05) is 0 Å². The number of aryl methyl sites for hydroxylation is 1. The highest BCUT2D eigenvalue weighted by atomic mass is 16.2. The Morgan fingerprint density at radius 3 is 2.76 bits per heavy atom. The van der Waals surface area contributed by atoms with Crippen LogP contribution in [0.4, 0.5) is 0 Å². The highest BCUT2D eigenvalue weighted by Crippen LogP contribution is 2.21. The van der Waals surface area contributed by atoms with Gasteiger partial charge in [-0.15, -0.1) is 0 Å². The van der Waals surface area contributed by atoms with Gasteiger partial charge in [-0.3, -0.25) is 0 Å². The average Bonchev–Trinajstić information content (AvgIpc) is 2.37. The maximum absolute atomic E-state index is 9.44. The monoisotopic (exact) mass is 222 g/mol. The summed E-state index contributed by atoms with van der Waals surface area (Å²) in [5.74, 6) is 0. The van der Waals surface area contributed by atoms with Crippen LogP contribution in [0.3, 0.4) is 0 Å². The summed E-state index contributed by atoms with van der Waals surface area (Å²) in [4.78, 5) is 0. The van der Waals surface area contributed by atoms with E-state index in [1.807, 2.05) is 30.4 Å². The molecular weight excluding hydrogens is 207 g/mol. The second kappa shape index (κ2) is 5.02. The first-order valence-electron chi connectivity index (χ1n) is 5.69. The zero-order valence-electron chi connectivity index (χ0n) is 9.98. The van der Waals surface area contributed by atoms with Crippen molar-refractivity contribution < 1.29 is 5.02 Å². The molecule has 0 saturated heterocycles. The predicted octanol–water partition coefficient (Wildman–Crippen LogP) is 2.32. The third kappa shape index (κ3) is 2.17. The summed E-state index contributed by atoms with van der Waals surface area (Å²) in [5.41, 5.74) is 3.25. The molecule has 0 aliphatic rings. The zero-order valence-corrected chi connectivity index (χ0v) is 9.98. The first kappa shape index (κ1) is 11.7. The summed E-state index contributed by atoms with van der Waals surface area (Å²) < 4.78 is 0. The fourth-order valence-electron chi connectivity index (χ4n) is 2.14. The van der Waals surface area contributed by atoms with Gasteiger partial charge in [0.2, 0.25) is 0 Å². The molecule has 0 fully saturated rings. The predicted molar refractivity (Wildman–Crippen MR) is 76.9 cm³/mol. The number of rotatable bonds is 3. The third-order valence-corrected chi connectivity index (χ3v) is 3.01. The van der Waals surface area contributed by atoms with Crippen molar-refractivity contribution in [1.29, 1.82) is 0 Å². The van der Waals surface area contributed by atoms with Crippen LogP contribution in [0.15, 0.2) is 49.1 Å². The summed E-state index contributed by atoms with van der Waals surface area (Å²) in [7, 11) is 0.0580. The SMILES string of the molecule is C=C/C=C\c1c(BO)cc2ccccc2c1C. The Hall–Kier alpha value is -1.80. The lowest BCUT2D eigenvalue weighted by Crippen LogP contribution is -2.18. The molecule has 0 atom stereocenters. The molecule has 0 amide bonds. The Kier molecular flexibility index (Phi) is 3.45. The number of benzene rings is 2. The lowest BCUT2D eigenvalue weighted by molar-refractivity contribution is 0.615. The van der Waals surface area contributed by atoms with Crippen LogP contribution in [-0.2, 0) is 0 Å². The second-order valence-corrected chi connectivity index (χ2v) is 4.05. The van der Waals surface area contributed by atoms with Gasteiger partial charge < -0.3 is 5.02 Å². The Labute approximate surface area is 102 Å². The molecule has 0 bridgehead atoms. The van der Waals surface area contributed by atoms with Crippen LogP contribution in [0.1, 0.15) is 11.1 Å². The van der Waals surface area contributed by atoms with Crippen LogP contribution in [0.25, 0.3) is 16.8 Å². The third-order valence-electron chi connectivity index (χ3n) is 3.01. The standard InChI is InChI=1S/C15H15BO/c1-3-4-8-14-11(2)13-9-6-5-7-12(13)10-15(14)16-17/h3-10,16-17H,1H2,2H3/b8-4-. The molecule has 1 nitrogen and oxygen atoms in total. The molecule has 0 radical (unpaired) electrons. The normalized spacial score (nSPS) is 10.9. The highest BCUT2D eigenvalue weighted by molar-refractivity contribution is 6.47. The molecule has 0 aliphatic heterocycles. The van der Waals surface area contributed by atoms with E-state index in [4.69, 9.17) is 0 Å². The van der Waals surface area contributed by atoms with Crippen molar-refractivity contribution in [1.82, 2.24) is 0 Å². The molecule has 2 rings (SSSR count). The fourth-order valence-corrected chi connectivity index (χ4v) is 2.14. The molecule has 84 valence electrons. The molecule has 2 heteroatoms. The largest absolute Gasteiger partial charge is 0.449 e. The van der Waals surface area contributed by atoms with Gasteiger partial charge >= 0.3 is 7.48 Å². The van der Waals surface area contributed by atoms with Gasteiger partial charge in [0.1, 0.15) is 0 Å². The minimum Gasteiger partial charge on any atom is -0.449 e. The molecule has 2 aromatic rings. The van der Waals surface area contributed by atoms with Crippen molar-refractivity contribution >= 4 is 29.8 Å². The maximum Gasteiger partial charge on any atom is 0.305 e. The van der Waals surface area contributed by atoms with Crippen molar-refractivity contribution in [2.24, 2.45) is 0 Å². The zero-order chi connectivity index (χ0) is 12.3. The molecule has 0 aromatic heterocycles. The molecule has 17 heavy (non-hydrogen) atoms. The van der Waals surface area contributed by atoms with E-state index in [1.54, 1.807) is 6.08 Å². The van der Waals surface area contributed by atoms with Crippen LogP contribution in [0.5, 0.6) is 0 Å². The molecule has 2 aromatic carbocycles. The van der Waals surface area contributed by atoms with Crippen molar-refractivity contribution in [3.8, 4) is 0 Å². The van der Waals surface area contributed by atoms with E-state index < -0.39 is 0 Å². The number of hydrogen-bond acceptors (Lipinski definition) is 1. The van der Waals surface area contributed by atoms with Crippen molar-refractivity contribution in [2.45, 2.75) is 6.92 Å². The molecular formula is C15H15BO. The Morgan fingerprint density at radius 1 is 1.29 bits per heavy atom. The smallest absolute Gasteiger partial charge is 0.305 e. The van der Waals surface area contributed by atoms with E-state index in [0.29, 0.717) is 0 Å². The Morgan fingerprint density at radius 2 is 2.06 bits per heavy atom. The van der Waals surface area contributed by atoms with E-state index in [9.17, 15) is 5.02 Å². The Balaban J connectivity index is 2.75. The van der Waals surface area contributed by atoms with Gasteiger partial charge in [0.05, 0.1) is 0 Å². The van der Waals surface area contributed by atoms with Gasteiger partial charge in [0.15, 0.2) is 0 Å². The first-order chi connectivity index (χ1) is 8.27. The summed E-state index contributed by atoms with van der Waals surface area (Å²) >= 11 is 0. The van der Waals surface area contributed by atoms with Gasteiger partial charge in [0, 0.05) is 0 Å². The van der Waals surface area contributed by atoms with Crippen molar-refractivity contribution in [3.63, 3.8) is 0 Å². The van der Waals surface area contributed by atoms with E-state index in [0.717, 1.165) is 11.0 Å². The molecule has 1 N–H and O–H groups in total. The summed E-state index contributed by atoms with van der Waals surface area (Å²) in [6.07, 6.45) is 5.65. The van der Waals surface area contributed by atoms with Crippen LogP contribution >= 0.6 is 0 Å². The van der Waals surface area contributed by atoms with Gasteiger partial charge in [0.25, 0.3) is 0 Å². The lowest BCUT2D eigenvalue weighted by Gasteiger charge is -2.10. The van der Waals surface area contributed by atoms with Crippen LogP contribution in [0.2, 0.25) is 0 Å². The number of hydrogen-bond donors (Lipinski definition) is 1. The van der Waals surface area contributed by atoms with E-state index in [2.05, 4.69) is 25.6 Å². The first-order valence-corrected chi connectivity index (χ1v) is 5.69. The van der Waals surface area contributed by atoms with Gasteiger partial charge in [-0.05, 0) is 34.3 Å². The summed E-state index contributed by atoms with van der Waals surface area (Å²) in [6, 6.07) is 10.3. The van der Waals surface area contributed by atoms with Gasteiger partial charge in [-0.25, -0.2) is 0 Å². The minimum atomic E-state index is 0.0580. The average molecular weight is 222 g/mol. The van der Waals surface area contributed by atoms with E-state index in [-0.39, 0.29) is 7.48 Å². The number of allylic oxidation sites excluding steroid dienone is 2. The van der Waals surface area contributed by atoms with Gasteiger partial charge in [-0.1, -0.05) is 55.1 Å². The molecule has 0 spiro atoms. The van der Waals surface area contributed by atoms with Gasteiger partial charge in [-0.2, -0.15) is 0 Å². The number of fused-ring (bicyclic) bond motifs is 1. The minimum absolute atomic E-state index is 0.0580. The fraction of sp³-hybridized carbons (Fsp3) is 0.0667. The van der Waals surface area contributed by atoms with E-state index in [1.165, 1.54) is 16.3 Å². The van der Waals surface area contributed by atoms with Crippen LogP contribution in [0, 0.1) is 6.92 Å². The Bertz CT molecular complexity index is 585. The highest BCUT2D eigenvalue weighted by Gasteiger charge is 2.07. The second-order valence-electron chi connectivity index (χ2n) is 4.05. The lowest BCUT2D eigenvalue weighted by atomic mass is 9.80. The van der Waals surface area contributed by atoms with Crippen LogP contribution in [-0.4, -0.2) is 12.5 Å². The molecule has 0 heterocycles. The molecule has 0 saturated carbocycles. The summed E-state index contributed by atoms with van der Waals surface area (Å²) in [5, 5.41) is 11.8. The topological polar surface area (TPSA) is 20.2 Å².